The van der Waals surface area contributed by atoms with Crippen molar-refractivity contribution in [3.63, 3.8) is 0 Å². The molecule has 2 rings (SSSR count). The summed E-state index contributed by atoms with van der Waals surface area (Å²) in [6, 6.07) is 12.7. The third-order valence-corrected chi connectivity index (χ3v) is 4.11. The Bertz CT molecular complexity index is 908. The van der Waals surface area contributed by atoms with Crippen LogP contribution in [0.1, 0.15) is 24.2 Å². The van der Waals surface area contributed by atoms with E-state index in [1.807, 2.05) is 0 Å². The Morgan fingerprint density at radius 1 is 0.962 bits per heavy atom. The molecule has 8 heteroatoms. The Kier molecular flexibility index (Phi) is 5.99. The van der Waals surface area contributed by atoms with Crippen LogP contribution in [-0.4, -0.2) is 32.4 Å². The summed E-state index contributed by atoms with van der Waals surface area (Å²) in [5, 5.41) is 5.79. The van der Waals surface area contributed by atoms with Crippen molar-refractivity contribution < 1.29 is 18.0 Å². The summed E-state index contributed by atoms with van der Waals surface area (Å²) in [4.78, 5) is 23.7. The van der Waals surface area contributed by atoms with E-state index in [4.69, 9.17) is 0 Å². The molecule has 2 aromatic carbocycles. The molecular weight excluding hydrogens is 354 g/mol. The first kappa shape index (κ1) is 19.5. The monoisotopic (exact) mass is 375 g/mol. The SMILES string of the molecule is CC(=O)c1cccc(NC(=O)[C@H](C)Nc2ccc(NS(C)(=O)=O)cc2)c1. The van der Waals surface area contributed by atoms with Crippen LogP contribution in [0, 0.1) is 0 Å². The quantitative estimate of drug-likeness (QED) is 0.646. The molecule has 1 atom stereocenters. The van der Waals surface area contributed by atoms with Crippen molar-refractivity contribution in [2.24, 2.45) is 0 Å². The largest absolute Gasteiger partial charge is 0.374 e. The molecule has 0 saturated heterocycles. The lowest BCUT2D eigenvalue weighted by Gasteiger charge is -2.16. The minimum atomic E-state index is -3.33. The third kappa shape index (κ3) is 5.89. The maximum Gasteiger partial charge on any atom is 0.246 e. The predicted octanol–water partition coefficient (Wildman–Crippen LogP) is 2.70. The minimum absolute atomic E-state index is 0.0740. The highest BCUT2D eigenvalue weighted by Gasteiger charge is 2.13. The molecule has 0 aliphatic carbocycles. The van der Waals surface area contributed by atoms with Gasteiger partial charge in [-0.2, -0.15) is 0 Å². The van der Waals surface area contributed by atoms with E-state index in [1.54, 1.807) is 55.5 Å². The Labute approximate surface area is 152 Å². The summed E-state index contributed by atoms with van der Waals surface area (Å²) in [5.74, 6) is -0.334. The van der Waals surface area contributed by atoms with Gasteiger partial charge in [0.1, 0.15) is 6.04 Å². The van der Waals surface area contributed by atoms with Crippen molar-refractivity contribution in [2.45, 2.75) is 19.9 Å². The normalized spacial score (nSPS) is 12.1. The van der Waals surface area contributed by atoms with Crippen LogP contribution in [0.5, 0.6) is 0 Å². The number of rotatable bonds is 7. The van der Waals surface area contributed by atoms with E-state index in [0.29, 0.717) is 22.6 Å². The lowest BCUT2D eigenvalue weighted by molar-refractivity contribution is -0.116. The number of anilines is 3. The molecule has 0 fully saturated rings. The van der Waals surface area contributed by atoms with Crippen molar-refractivity contribution in [3.8, 4) is 0 Å². The number of benzene rings is 2. The van der Waals surface area contributed by atoms with Crippen LogP contribution in [0.25, 0.3) is 0 Å². The van der Waals surface area contributed by atoms with Gasteiger partial charge in [0.25, 0.3) is 0 Å². The lowest BCUT2D eigenvalue weighted by Crippen LogP contribution is -2.31. The van der Waals surface area contributed by atoms with E-state index < -0.39 is 16.1 Å². The molecule has 7 nitrogen and oxygen atoms in total. The molecule has 0 unspecified atom stereocenters. The number of hydrogen-bond donors (Lipinski definition) is 3. The van der Waals surface area contributed by atoms with Gasteiger partial charge >= 0.3 is 0 Å². The highest BCUT2D eigenvalue weighted by atomic mass is 32.2. The number of Topliss-reactive ketones (excluding diaryl/α,β-unsaturated/α-hetero) is 1. The fourth-order valence-corrected chi connectivity index (χ4v) is 2.79. The van der Waals surface area contributed by atoms with E-state index in [1.165, 1.54) is 6.92 Å². The topological polar surface area (TPSA) is 104 Å². The molecule has 26 heavy (non-hydrogen) atoms. The number of ketones is 1. The number of nitrogens with one attached hydrogen (secondary N) is 3. The van der Waals surface area contributed by atoms with Gasteiger partial charge in [-0.3, -0.25) is 14.3 Å². The zero-order valence-corrected chi connectivity index (χ0v) is 15.6. The van der Waals surface area contributed by atoms with Crippen molar-refractivity contribution >= 4 is 38.8 Å². The lowest BCUT2D eigenvalue weighted by atomic mass is 10.1. The molecule has 0 saturated carbocycles. The molecule has 3 N–H and O–H groups in total. The number of hydrogen-bond acceptors (Lipinski definition) is 5. The van der Waals surface area contributed by atoms with E-state index >= 15 is 0 Å². The van der Waals surface area contributed by atoms with Gasteiger partial charge in [0.15, 0.2) is 5.78 Å². The van der Waals surface area contributed by atoms with Gasteiger partial charge in [-0.15, -0.1) is 0 Å². The van der Waals surface area contributed by atoms with Crippen LogP contribution in [0.4, 0.5) is 17.1 Å². The van der Waals surface area contributed by atoms with Gasteiger partial charge in [-0.1, -0.05) is 12.1 Å². The smallest absolute Gasteiger partial charge is 0.246 e. The first-order chi connectivity index (χ1) is 12.1. The first-order valence-electron chi connectivity index (χ1n) is 7.90. The summed E-state index contributed by atoms with van der Waals surface area (Å²) < 4.78 is 24.8. The molecule has 0 heterocycles. The fraction of sp³-hybridized carbons (Fsp3) is 0.222. The maximum absolute atomic E-state index is 12.3. The molecule has 0 aromatic heterocycles. The maximum atomic E-state index is 12.3. The number of carbonyl (C=O) groups excluding carboxylic acids is 2. The highest BCUT2D eigenvalue weighted by molar-refractivity contribution is 7.92. The molecule has 0 bridgehead atoms. The van der Waals surface area contributed by atoms with Crippen molar-refractivity contribution in [2.75, 3.05) is 21.6 Å². The standard InChI is InChI=1S/C18H21N3O4S/c1-12(18(23)20-17-6-4-5-14(11-17)13(2)22)19-15-7-9-16(10-8-15)21-26(3,24)25/h4-12,19,21H,1-3H3,(H,20,23)/t12-/m0/s1. The van der Waals surface area contributed by atoms with Crippen LogP contribution >= 0.6 is 0 Å². The third-order valence-electron chi connectivity index (χ3n) is 3.50. The Hall–Kier alpha value is -2.87. The Balaban J connectivity index is 1.98. The molecule has 0 aliphatic rings. The number of sulfonamides is 1. The Morgan fingerprint density at radius 2 is 1.58 bits per heavy atom. The number of carbonyl (C=O) groups is 2. The van der Waals surface area contributed by atoms with Gasteiger partial charge in [0, 0.05) is 22.6 Å². The van der Waals surface area contributed by atoms with Gasteiger partial charge < -0.3 is 10.6 Å². The van der Waals surface area contributed by atoms with E-state index in [-0.39, 0.29) is 11.7 Å². The predicted molar refractivity (Wildman–Crippen MR) is 103 cm³/mol. The Morgan fingerprint density at radius 3 is 2.15 bits per heavy atom. The second kappa shape index (κ2) is 8.01. The zero-order chi connectivity index (χ0) is 19.3. The van der Waals surface area contributed by atoms with Crippen LogP contribution in [-0.2, 0) is 14.8 Å². The van der Waals surface area contributed by atoms with Crippen molar-refractivity contribution in [1.82, 2.24) is 0 Å². The van der Waals surface area contributed by atoms with Gasteiger partial charge in [0.05, 0.1) is 6.26 Å². The second-order valence-corrected chi connectivity index (χ2v) is 7.69. The van der Waals surface area contributed by atoms with Gasteiger partial charge in [0.2, 0.25) is 15.9 Å². The van der Waals surface area contributed by atoms with Crippen LogP contribution in [0.3, 0.4) is 0 Å². The van der Waals surface area contributed by atoms with E-state index in [2.05, 4.69) is 15.4 Å². The first-order valence-corrected chi connectivity index (χ1v) is 9.79. The van der Waals surface area contributed by atoms with Crippen LogP contribution < -0.4 is 15.4 Å². The van der Waals surface area contributed by atoms with Crippen molar-refractivity contribution in [1.29, 1.82) is 0 Å². The molecular formula is C18H21N3O4S. The molecule has 2 aromatic rings. The molecule has 0 spiro atoms. The summed E-state index contributed by atoms with van der Waals surface area (Å²) >= 11 is 0. The highest BCUT2D eigenvalue weighted by Crippen LogP contribution is 2.16. The fourth-order valence-electron chi connectivity index (χ4n) is 2.23. The van der Waals surface area contributed by atoms with Crippen molar-refractivity contribution in [3.05, 3.63) is 54.1 Å². The van der Waals surface area contributed by atoms with E-state index in [0.717, 1.165) is 6.26 Å². The molecule has 0 radical (unpaired) electrons. The zero-order valence-electron chi connectivity index (χ0n) is 14.7. The summed E-state index contributed by atoms with van der Waals surface area (Å²) in [6.07, 6.45) is 1.08. The average molecular weight is 375 g/mol. The minimum Gasteiger partial charge on any atom is -0.374 e. The summed E-state index contributed by atoms with van der Waals surface area (Å²) in [5.41, 5.74) is 2.18. The molecule has 138 valence electrons. The van der Waals surface area contributed by atoms with Crippen LogP contribution in [0.2, 0.25) is 0 Å². The van der Waals surface area contributed by atoms with Gasteiger partial charge in [-0.25, -0.2) is 8.42 Å². The summed E-state index contributed by atoms with van der Waals surface area (Å²) in [7, 11) is -3.33. The summed E-state index contributed by atoms with van der Waals surface area (Å²) in [6.45, 7) is 3.17. The number of amides is 1. The van der Waals surface area contributed by atoms with Gasteiger partial charge in [-0.05, 0) is 50.2 Å². The average Bonchev–Trinajstić information content (AvgIpc) is 2.55. The molecule has 1 amide bonds. The van der Waals surface area contributed by atoms with E-state index in [9.17, 15) is 18.0 Å². The second-order valence-electron chi connectivity index (χ2n) is 5.94. The molecule has 0 aliphatic heterocycles. The van der Waals surface area contributed by atoms with Crippen LogP contribution in [0.15, 0.2) is 48.5 Å².